The van der Waals surface area contributed by atoms with Crippen LogP contribution in [0.4, 0.5) is 5.69 Å². The van der Waals surface area contributed by atoms with E-state index >= 15 is 0 Å². The van der Waals surface area contributed by atoms with Crippen LogP contribution in [0.1, 0.15) is 24.9 Å². The Morgan fingerprint density at radius 1 is 1.20 bits per heavy atom. The van der Waals surface area contributed by atoms with Gasteiger partial charge in [-0.15, -0.1) is 0 Å². The summed E-state index contributed by atoms with van der Waals surface area (Å²) in [7, 11) is 0. The van der Waals surface area contributed by atoms with E-state index in [1.54, 1.807) is 0 Å². The summed E-state index contributed by atoms with van der Waals surface area (Å²) in [6, 6.07) is 18.1. The maximum absolute atomic E-state index is 12.3. The summed E-state index contributed by atoms with van der Waals surface area (Å²) in [6.07, 6.45) is 1.04. The number of nitrogens with zero attached hydrogens (tertiary/aromatic N) is 1. The molecule has 2 N–H and O–H groups in total. The van der Waals surface area contributed by atoms with Crippen molar-refractivity contribution in [2.24, 2.45) is 0 Å². The van der Waals surface area contributed by atoms with Crippen molar-refractivity contribution < 1.29 is 4.79 Å². The molecule has 0 saturated carbocycles. The molecule has 1 fully saturated rings. The molecule has 5 heteroatoms. The predicted octanol–water partition coefficient (Wildman–Crippen LogP) is 3.70. The number of rotatable bonds is 6. The third kappa shape index (κ3) is 4.97. The lowest BCUT2D eigenvalue weighted by Crippen LogP contribution is -2.38. The zero-order chi connectivity index (χ0) is 17.6. The number of likely N-dealkylation sites (tertiary alicyclic amines) is 1. The van der Waals surface area contributed by atoms with Crippen LogP contribution in [-0.2, 0) is 4.79 Å². The van der Waals surface area contributed by atoms with Gasteiger partial charge in [0, 0.05) is 29.8 Å². The van der Waals surface area contributed by atoms with Gasteiger partial charge in [-0.1, -0.05) is 48.0 Å². The van der Waals surface area contributed by atoms with Gasteiger partial charge in [-0.3, -0.25) is 9.69 Å². The van der Waals surface area contributed by atoms with Crippen LogP contribution in [0.15, 0.2) is 54.6 Å². The highest BCUT2D eigenvalue weighted by Gasteiger charge is 2.24. The van der Waals surface area contributed by atoms with Crippen molar-refractivity contribution in [3.8, 4) is 0 Å². The smallest absolute Gasteiger partial charge is 0.234 e. The van der Waals surface area contributed by atoms with Crippen molar-refractivity contribution in [3.63, 3.8) is 0 Å². The first-order chi connectivity index (χ1) is 12.1. The van der Waals surface area contributed by atoms with E-state index in [1.165, 1.54) is 0 Å². The number of carbonyl (C=O) groups excluding carboxylic acids is 1. The molecule has 25 heavy (non-hydrogen) atoms. The van der Waals surface area contributed by atoms with Crippen LogP contribution < -0.4 is 10.6 Å². The first kappa shape index (κ1) is 17.8. The monoisotopic (exact) mass is 357 g/mol. The lowest BCUT2D eigenvalue weighted by molar-refractivity contribution is -0.122. The van der Waals surface area contributed by atoms with Crippen LogP contribution in [0.3, 0.4) is 0 Å². The molecule has 2 aromatic rings. The minimum absolute atomic E-state index is 0.0350. The standard InChI is InChI=1S/C20H24ClN3O/c1-15(18-9-5-6-10-19(18)21)22-20(25)14-24-12-11-17(13-24)23-16-7-3-2-4-8-16/h2-10,15,17,23H,11-14H2,1H3,(H,22,25). The number of nitrogens with one attached hydrogen (secondary N) is 2. The molecule has 1 heterocycles. The summed E-state index contributed by atoms with van der Waals surface area (Å²) in [5, 5.41) is 7.25. The molecule has 2 aromatic carbocycles. The van der Waals surface area contributed by atoms with Crippen LogP contribution in [0.25, 0.3) is 0 Å². The maximum atomic E-state index is 12.3. The van der Waals surface area contributed by atoms with Crippen molar-refractivity contribution in [2.45, 2.75) is 25.4 Å². The molecule has 4 nitrogen and oxygen atoms in total. The van der Waals surface area contributed by atoms with Crippen molar-refractivity contribution in [1.29, 1.82) is 0 Å². The summed E-state index contributed by atoms with van der Waals surface area (Å²) in [4.78, 5) is 14.5. The van der Waals surface area contributed by atoms with Gasteiger partial charge in [0.25, 0.3) is 0 Å². The van der Waals surface area contributed by atoms with Crippen LogP contribution in [-0.4, -0.2) is 36.5 Å². The Bertz CT molecular complexity index is 707. The molecule has 1 saturated heterocycles. The summed E-state index contributed by atoms with van der Waals surface area (Å²) in [6.45, 7) is 4.19. The van der Waals surface area contributed by atoms with Gasteiger partial charge >= 0.3 is 0 Å². The molecule has 1 aliphatic heterocycles. The molecule has 0 aromatic heterocycles. The Morgan fingerprint density at radius 3 is 2.68 bits per heavy atom. The SMILES string of the molecule is CC(NC(=O)CN1CCC(Nc2ccccc2)C1)c1ccccc1Cl. The van der Waals surface area contributed by atoms with E-state index in [9.17, 15) is 4.79 Å². The molecule has 2 atom stereocenters. The van der Waals surface area contributed by atoms with E-state index in [2.05, 4.69) is 27.7 Å². The average Bonchev–Trinajstić information content (AvgIpc) is 3.02. The minimum Gasteiger partial charge on any atom is -0.381 e. The van der Waals surface area contributed by atoms with Crippen LogP contribution >= 0.6 is 11.6 Å². The Hall–Kier alpha value is -2.04. The number of para-hydroxylation sites is 1. The molecule has 0 bridgehead atoms. The quantitative estimate of drug-likeness (QED) is 0.828. The van der Waals surface area contributed by atoms with Gasteiger partial charge in [0.15, 0.2) is 0 Å². The van der Waals surface area contributed by atoms with Crippen molar-refractivity contribution in [1.82, 2.24) is 10.2 Å². The Balaban J connectivity index is 1.46. The predicted molar refractivity (Wildman–Crippen MR) is 103 cm³/mol. The highest BCUT2D eigenvalue weighted by Crippen LogP contribution is 2.22. The van der Waals surface area contributed by atoms with E-state index in [0.717, 1.165) is 30.8 Å². The molecular formula is C20H24ClN3O. The number of anilines is 1. The number of hydrogen-bond acceptors (Lipinski definition) is 3. The third-order valence-corrected chi connectivity index (χ3v) is 4.88. The topological polar surface area (TPSA) is 44.4 Å². The van der Waals surface area contributed by atoms with E-state index in [1.807, 2.05) is 49.4 Å². The highest BCUT2D eigenvalue weighted by molar-refractivity contribution is 6.31. The Morgan fingerprint density at radius 2 is 1.92 bits per heavy atom. The van der Waals surface area contributed by atoms with Gasteiger partial charge in [-0.25, -0.2) is 0 Å². The summed E-state index contributed by atoms with van der Waals surface area (Å²) in [5.41, 5.74) is 2.08. The van der Waals surface area contributed by atoms with Gasteiger partial charge in [0.1, 0.15) is 0 Å². The zero-order valence-corrected chi connectivity index (χ0v) is 15.2. The molecule has 2 unspecified atom stereocenters. The molecule has 132 valence electrons. The van der Waals surface area contributed by atoms with E-state index in [4.69, 9.17) is 11.6 Å². The second-order valence-electron chi connectivity index (χ2n) is 6.54. The number of halogens is 1. The number of benzene rings is 2. The normalized spacial score (nSPS) is 18.7. The van der Waals surface area contributed by atoms with Crippen molar-refractivity contribution >= 4 is 23.2 Å². The van der Waals surface area contributed by atoms with Gasteiger partial charge in [0.2, 0.25) is 5.91 Å². The maximum Gasteiger partial charge on any atom is 0.234 e. The third-order valence-electron chi connectivity index (χ3n) is 4.53. The minimum atomic E-state index is -0.0953. The van der Waals surface area contributed by atoms with Gasteiger partial charge < -0.3 is 10.6 Å². The summed E-state index contributed by atoms with van der Waals surface area (Å²) in [5.74, 6) is 0.0350. The summed E-state index contributed by atoms with van der Waals surface area (Å²) >= 11 is 6.20. The zero-order valence-electron chi connectivity index (χ0n) is 14.4. The average molecular weight is 358 g/mol. The number of hydrogen-bond donors (Lipinski definition) is 2. The van der Waals surface area contributed by atoms with Crippen LogP contribution in [0, 0.1) is 0 Å². The first-order valence-corrected chi connectivity index (χ1v) is 9.07. The van der Waals surface area contributed by atoms with E-state index < -0.39 is 0 Å². The molecule has 1 amide bonds. The fourth-order valence-electron chi connectivity index (χ4n) is 3.26. The number of amides is 1. The number of carbonyl (C=O) groups is 1. The fraction of sp³-hybridized carbons (Fsp3) is 0.350. The van der Waals surface area contributed by atoms with Crippen molar-refractivity contribution in [3.05, 3.63) is 65.2 Å². The lowest BCUT2D eigenvalue weighted by Gasteiger charge is -2.20. The van der Waals surface area contributed by atoms with Gasteiger partial charge in [0.05, 0.1) is 12.6 Å². The van der Waals surface area contributed by atoms with Crippen molar-refractivity contribution in [2.75, 3.05) is 25.0 Å². The van der Waals surface area contributed by atoms with Crippen LogP contribution in [0.5, 0.6) is 0 Å². The molecule has 1 aliphatic rings. The molecular weight excluding hydrogens is 334 g/mol. The van der Waals surface area contributed by atoms with E-state index in [-0.39, 0.29) is 11.9 Å². The van der Waals surface area contributed by atoms with Gasteiger partial charge in [-0.05, 0) is 37.1 Å². The summed E-state index contributed by atoms with van der Waals surface area (Å²) < 4.78 is 0. The Kier molecular flexibility index (Phi) is 5.95. The lowest BCUT2D eigenvalue weighted by atomic mass is 10.1. The Labute approximate surface area is 154 Å². The molecule has 0 aliphatic carbocycles. The fourth-order valence-corrected chi connectivity index (χ4v) is 3.56. The molecule has 3 rings (SSSR count). The largest absolute Gasteiger partial charge is 0.381 e. The van der Waals surface area contributed by atoms with E-state index in [0.29, 0.717) is 17.6 Å². The second kappa shape index (κ2) is 8.37. The van der Waals surface area contributed by atoms with Gasteiger partial charge in [-0.2, -0.15) is 0 Å². The highest BCUT2D eigenvalue weighted by atomic mass is 35.5. The molecule has 0 spiro atoms. The second-order valence-corrected chi connectivity index (χ2v) is 6.95. The first-order valence-electron chi connectivity index (χ1n) is 8.69. The molecule has 0 radical (unpaired) electrons. The van der Waals surface area contributed by atoms with Crippen LogP contribution in [0.2, 0.25) is 5.02 Å².